The van der Waals surface area contributed by atoms with Crippen LogP contribution in [0.25, 0.3) is 0 Å². The minimum atomic E-state index is -1.52. The molecule has 1 unspecified atom stereocenters. The van der Waals surface area contributed by atoms with Crippen molar-refractivity contribution in [3.63, 3.8) is 0 Å². The van der Waals surface area contributed by atoms with E-state index in [9.17, 15) is 9.90 Å². The van der Waals surface area contributed by atoms with Gasteiger partial charge in [-0.3, -0.25) is 4.79 Å². The van der Waals surface area contributed by atoms with Crippen LogP contribution in [-0.4, -0.2) is 45.4 Å². The average molecular weight is 408 g/mol. The van der Waals surface area contributed by atoms with Crippen LogP contribution in [0.3, 0.4) is 0 Å². The first-order valence-electron chi connectivity index (χ1n) is 7.52. The predicted octanol–water partition coefficient (Wildman–Crippen LogP) is 1.70. The Kier molecular flexibility index (Phi) is 8.91. The fourth-order valence-corrected chi connectivity index (χ4v) is 2.51. The molecule has 1 atom stereocenters. The van der Waals surface area contributed by atoms with Gasteiger partial charge in [0.15, 0.2) is 5.11 Å². The number of rotatable bonds is 9. The SMILES string of the molecule is NC(CCCCB(O)O)(CNC(=S)Nc1ccc(Cl)c(Cl)c1)C(=O)O. The molecular weight excluding hydrogens is 388 g/mol. The molecule has 0 amide bonds. The second-order valence-corrected chi connectivity index (χ2v) is 6.85. The maximum absolute atomic E-state index is 11.4. The number of carbonyl (C=O) groups is 1. The zero-order valence-electron chi connectivity index (χ0n) is 13.3. The van der Waals surface area contributed by atoms with Crippen molar-refractivity contribution in [2.24, 2.45) is 5.73 Å². The number of carboxylic acid groups (broad SMARTS) is 1. The number of carboxylic acids is 1. The molecule has 0 fully saturated rings. The Bertz CT molecular complexity index is 624. The van der Waals surface area contributed by atoms with Gasteiger partial charge in [0.25, 0.3) is 0 Å². The van der Waals surface area contributed by atoms with Crippen molar-refractivity contribution in [1.29, 1.82) is 0 Å². The summed E-state index contributed by atoms with van der Waals surface area (Å²) >= 11 is 16.9. The topological polar surface area (TPSA) is 128 Å². The van der Waals surface area contributed by atoms with Crippen LogP contribution < -0.4 is 16.4 Å². The highest BCUT2D eigenvalue weighted by Crippen LogP contribution is 2.25. The van der Waals surface area contributed by atoms with Gasteiger partial charge in [0.1, 0.15) is 5.54 Å². The fourth-order valence-electron chi connectivity index (χ4n) is 2.03. The number of nitrogens with two attached hydrogens (primary N) is 1. The highest BCUT2D eigenvalue weighted by molar-refractivity contribution is 7.80. The van der Waals surface area contributed by atoms with Gasteiger partial charge in [-0.2, -0.15) is 0 Å². The molecule has 0 aliphatic heterocycles. The van der Waals surface area contributed by atoms with E-state index in [1.54, 1.807) is 18.2 Å². The standard InChI is InChI=1S/C14H20BCl2N3O4S/c16-10-4-3-9(7-11(10)17)20-13(25)19-8-14(18,12(21)22)5-1-2-6-15(23)24/h3-4,7,23-24H,1-2,5-6,8,18H2,(H,21,22)(H2,19,20,25). The molecule has 1 aromatic rings. The van der Waals surface area contributed by atoms with Gasteiger partial charge in [-0.1, -0.05) is 36.0 Å². The minimum absolute atomic E-state index is 0.0861. The van der Waals surface area contributed by atoms with E-state index in [1.807, 2.05) is 0 Å². The normalized spacial score (nSPS) is 13.0. The Labute approximate surface area is 161 Å². The number of unbranched alkanes of at least 4 members (excludes halogenated alkanes) is 1. The van der Waals surface area contributed by atoms with E-state index in [2.05, 4.69) is 10.6 Å². The van der Waals surface area contributed by atoms with Crippen LogP contribution in [0, 0.1) is 0 Å². The van der Waals surface area contributed by atoms with Crippen molar-refractivity contribution in [3.8, 4) is 0 Å². The van der Waals surface area contributed by atoms with Gasteiger partial charge in [-0.15, -0.1) is 0 Å². The summed E-state index contributed by atoms with van der Waals surface area (Å²) in [5.41, 5.74) is 5.01. The first kappa shape index (κ1) is 21.9. The van der Waals surface area contributed by atoms with Crippen LogP contribution in [0.5, 0.6) is 0 Å². The van der Waals surface area contributed by atoms with Crippen LogP contribution in [-0.2, 0) is 4.79 Å². The van der Waals surface area contributed by atoms with Crippen molar-refractivity contribution in [1.82, 2.24) is 5.32 Å². The van der Waals surface area contributed by atoms with Gasteiger partial charge in [-0.25, -0.2) is 0 Å². The number of hydrogen-bond donors (Lipinski definition) is 6. The molecule has 138 valence electrons. The van der Waals surface area contributed by atoms with Crippen LogP contribution >= 0.6 is 35.4 Å². The molecule has 0 bridgehead atoms. The van der Waals surface area contributed by atoms with E-state index in [-0.39, 0.29) is 24.4 Å². The molecule has 0 spiro atoms. The van der Waals surface area contributed by atoms with E-state index < -0.39 is 18.6 Å². The van der Waals surface area contributed by atoms with Crippen molar-refractivity contribution in [2.75, 3.05) is 11.9 Å². The molecule has 7 nitrogen and oxygen atoms in total. The first-order chi connectivity index (χ1) is 11.6. The zero-order valence-corrected chi connectivity index (χ0v) is 15.7. The quantitative estimate of drug-likeness (QED) is 0.207. The molecule has 0 aliphatic carbocycles. The van der Waals surface area contributed by atoms with Crippen molar-refractivity contribution >= 4 is 59.3 Å². The van der Waals surface area contributed by atoms with Gasteiger partial charge in [0.05, 0.1) is 10.0 Å². The summed E-state index contributed by atoms with van der Waals surface area (Å²) in [5.74, 6) is -1.16. The molecule has 1 rings (SSSR count). The molecule has 25 heavy (non-hydrogen) atoms. The number of nitrogens with one attached hydrogen (secondary N) is 2. The number of hydrogen-bond acceptors (Lipinski definition) is 5. The lowest BCUT2D eigenvalue weighted by atomic mass is 9.82. The Morgan fingerprint density at radius 1 is 1.28 bits per heavy atom. The first-order valence-corrected chi connectivity index (χ1v) is 8.69. The average Bonchev–Trinajstić information content (AvgIpc) is 2.53. The van der Waals surface area contributed by atoms with Crippen LogP contribution in [0.2, 0.25) is 16.4 Å². The molecule has 1 aromatic carbocycles. The summed E-state index contributed by atoms with van der Waals surface area (Å²) in [6, 6.07) is 4.87. The molecule has 11 heteroatoms. The number of thiocarbonyl (C=S) groups is 1. The maximum atomic E-state index is 11.4. The van der Waals surface area contributed by atoms with Gasteiger partial charge in [0.2, 0.25) is 0 Å². The third-order valence-electron chi connectivity index (χ3n) is 3.50. The van der Waals surface area contributed by atoms with E-state index in [0.29, 0.717) is 28.6 Å². The van der Waals surface area contributed by atoms with Crippen LogP contribution in [0.4, 0.5) is 5.69 Å². The molecule has 0 heterocycles. The predicted molar refractivity (Wildman–Crippen MR) is 104 cm³/mol. The molecule has 0 aromatic heterocycles. The van der Waals surface area contributed by atoms with Crippen molar-refractivity contribution in [3.05, 3.63) is 28.2 Å². The maximum Gasteiger partial charge on any atom is 0.451 e. The van der Waals surface area contributed by atoms with Crippen LogP contribution in [0.15, 0.2) is 18.2 Å². The summed E-state index contributed by atoms with van der Waals surface area (Å²) in [4.78, 5) is 11.4. The molecule has 0 radical (unpaired) electrons. The molecular formula is C14H20BCl2N3O4S. The lowest BCUT2D eigenvalue weighted by Crippen LogP contribution is -2.56. The van der Waals surface area contributed by atoms with Gasteiger partial charge in [-0.05, 0) is 43.2 Å². The molecule has 0 aliphatic rings. The fraction of sp³-hybridized carbons (Fsp3) is 0.429. The van der Waals surface area contributed by atoms with E-state index in [0.717, 1.165) is 0 Å². The molecule has 7 N–H and O–H groups in total. The third-order valence-corrected chi connectivity index (χ3v) is 4.49. The smallest absolute Gasteiger partial charge is 0.451 e. The monoisotopic (exact) mass is 407 g/mol. The minimum Gasteiger partial charge on any atom is -0.480 e. The number of anilines is 1. The summed E-state index contributed by atoms with van der Waals surface area (Å²) in [5, 5.41) is 33.6. The highest BCUT2D eigenvalue weighted by atomic mass is 35.5. The lowest BCUT2D eigenvalue weighted by Gasteiger charge is -2.26. The zero-order chi connectivity index (χ0) is 19.0. The van der Waals surface area contributed by atoms with Gasteiger partial charge < -0.3 is 31.5 Å². The molecule has 0 saturated heterocycles. The summed E-state index contributed by atoms with van der Waals surface area (Å²) in [6.45, 7) is -0.0861. The second kappa shape index (κ2) is 10.2. The highest BCUT2D eigenvalue weighted by Gasteiger charge is 2.33. The Balaban J connectivity index is 2.53. The lowest BCUT2D eigenvalue weighted by molar-refractivity contribution is -0.143. The molecule has 0 saturated carbocycles. The Morgan fingerprint density at radius 2 is 1.96 bits per heavy atom. The van der Waals surface area contributed by atoms with Crippen molar-refractivity contribution < 1.29 is 19.9 Å². The number of benzene rings is 1. The van der Waals surface area contributed by atoms with E-state index in [1.165, 1.54) is 0 Å². The summed E-state index contributed by atoms with van der Waals surface area (Å²) in [6.07, 6.45) is 1.23. The summed E-state index contributed by atoms with van der Waals surface area (Å²) in [7, 11) is -1.40. The van der Waals surface area contributed by atoms with Crippen molar-refractivity contribution in [2.45, 2.75) is 31.1 Å². The van der Waals surface area contributed by atoms with E-state index >= 15 is 0 Å². The van der Waals surface area contributed by atoms with E-state index in [4.69, 9.17) is 51.2 Å². The second-order valence-electron chi connectivity index (χ2n) is 5.62. The summed E-state index contributed by atoms with van der Waals surface area (Å²) < 4.78 is 0. The Hall–Kier alpha value is -1.10. The number of halogens is 2. The number of aliphatic carboxylic acids is 1. The van der Waals surface area contributed by atoms with Gasteiger partial charge in [0, 0.05) is 12.2 Å². The Morgan fingerprint density at radius 3 is 2.52 bits per heavy atom. The van der Waals surface area contributed by atoms with Crippen LogP contribution in [0.1, 0.15) is 19.3 Å². The largest absolute Gasteiger partial charge is 0.480 e. The third kappa shape index (κ3) is 7.76. The van der Waals surface area contributed by atoms with Gasteiger partial charge >= 0.3 is 13.1 Å².